The van der Waals surface area contributed by atoms with Crippen molar-refractivity contribution in [1.29, 1.82) is 5.41 Å². The predicted octanol–water partition coefficient (Wildman–Crippen LogP) is -1.25. The summed E-state index contributed by atoms with van der Waals surface area (Å²) < 4.78 is 0. The molecule has 0 aliphatic rings. The second-order valence-electron chi connectivity index (χ2n) is 2.66. The average Bonchev–Trinajstić information content (AvgIpc) is 2.12. The number of carboxylic acid groups (broad SMARTS) is 1. The van der Waals surface area contributed by atoms with Gasteiger partial charge in [0.2, 0.25) is 0 Å². The first kappa shape index (κ1) is 15.7. The van der Waals surface area contributed by atoms with Crippen LogP contribution in [0.15, 0.2) is 12.8 Å². The van der Waals surface area contributed by atoms with Gasteiger partial charge in [-0.1, -0.05) is 6.58 Å². The van der Waals surface area contributed by atoms with Gasteiger partial charge in [-0.05, 0) is 19.0 Å². The molecule has 0 aromatic carbocycles. The van der Waals surface area contributed by atoms with Crippen molar-refractivity contribution < 1.29 is 9.90 Å². The Labute approximate surface area is 88.8 Å². The molecular formula is C8H19N5O2. The van der Waals surface area contributed by atoms with Gasteiger partial charge in [-0.3, -0.25) is 10.2 Å². The topological polar surface area (TPSA) is 151 Å². The second-order valence-corrected chi connectivity index (χ2v) is 2.66. The van der Waals surface area contributed by atoms with Crippen molar-refractivity contribution >= 4 is 11.9 Å². The highest BCUT2D eigenvalue weighted by Gasteiger charge is 2.09. The number of carbonyl (C=O) groups is 1. The Kier molecular flexibility index (Phi) is 10.8. The summed E-state index contributed by atoms with van der Waals surface area (Å²) in [6.07, 6.45) is 2.22. The van der Waals surface area contributed by atoms with Crippen LogP contribution < -0.4 is 22.5 Å². The van der Waals surface area contributed by atoms with Crippen molar-refractivity contribution in [2.75, 3.05) is 6.54 Å². The van der Waals surface area contributed by atoms with Crippen LogP contribution in [0.3, 0.4) is 0 Å². The highest BCUT2D eigenvalue weighted by Crippen LogP contribution is 1.92. The number of aliphatic carboxylic acids is 1. The Balaban J connectivity index is 0. The van der Waals surface area contributed by atoms with Crippen LogP contribution >= 0.6 is 0 Å². The van der Waals surface area contributed by atoms with E-state index in [-0.39, 0.29) is 5.96 Å². The van der Waals surface area contributed by atoms with Gasteiger partial charge < -0.3 is 27.6 Å². The fraction of sp³-hybridized carbons (Fsp3) is 0.500. The summed E-state index contributed by atoms with van der Waals surface area (Å²) >= 11 is 0. The van der Waals surface area contributed by atoms with Gasteiger partial charge in [-0.15, -0.1) is 0 Å². The lowest BCUT2D eigenvalue weighted by Gasteiger charge is -2.06. The third-order valence-corrected chi connectivity index (χ3v) is 1.32. The monoisotopic (exact) mass is 217 g/mol. The molecule has 88 valence electrons. The van der Waals surface area contributed by atoms with Crippen molar-refractivity contribution in [2.24, 2.45) is 17.2 Å². The van der Waals surface area contributed by atoms with Crippen molar-refractivity contribution in [3.05, 3.63) is 12.8 Å². The van der Waals surface area contributed by atoms with E-state index in [1.165, 1.54) is 6.20 Å². The first-order valence-electron chi connectivity index (χ1n) is 4.34. The zero-order valence-electron chi connectivity index (χ0n) is 8.57. The van der Waals surface area contributed by atoms with Gasteiger partial charge in [0.15, 0.2) is 5.96 Å². The Hall–Kier alpha value is -1.76. The molecule has 0 amide bonds. The van der Waals surface area contributed by atoms with Crippen molar-refractivity contribution in [1.82, 2.24) is 5.32 Å². The van der Waals surface area contributed by atoms with E-state index in [9.17, 15) is 4.79 Å². The van der Waals surface area contributed by atoms with Crippen LogP contribution in [0, 0.1) is 5.41 Å². The first-order valence-corrected chi connectivity index (χ1v) is 4.34. The fourth-order valence-corrected chi connectivity index (χ4v) is 0.669. The van der Waals surface area contributed by atoms with Crippen LogP contribution in [0.5, 0.6) is 0 Å². The zero-order valence-corrected chi connectivity index (χ0v) is 8.57. The van der Waals surface area contributed by atoms with E-state index in [2.05, 4.69) is 17.6 Å². The van der Waals surface area contributed by atoms with Gasteiger partial charge in [0.1, 0.15) is 6.04 Å². The first-order chi connectivity index (χ1) is 6.95. The maximum atomic E-state index is 10.2. The van der Waals surface area contributed by atoms with Crippen LogP contribution in [0.25, 0.3) is 0 Å². The van der Waals surface area contributed by atoms with Crippen molar-refractivity contribution in [2.45, 2.75) is 18.9 Å². The third kappa shape index (κ3) is 15.0. The maximum absolute atomic E-state index is 10.2. The fourth-order valence-electron chi connectivity index (χ4n) is 0.669. The maximum Gasteiger partial charge on any atom is 0.320 e. The lowest BCUT2D eigenvalue weighted by atomic mass is 10.2. The molecule has 0 fully saturated rings. The number of hydrogen-bond acceptors (Lipinski definition) is 4. The van der Waals surface area contributed by atoms with E-state index in [1.807, 2.05) is 0 Å². The molecule has 15 heavy (non-hydrogen) atoms. The normalized spacial score (nSPS) is 10.5. The zero-order chi connectivity index (χ0) is 12.3. The SMILES string of the molecule is C=CN.N=C(N)NCCCC(N)C(=O)O. The minimum absolute atomic E-state index is 0.112. The summed E-state index contributed by atoms with van der Waals surface area (Å²) in [7, 11) is 0. The number of rotatable bonds is 5. The summed E-state index contributed by atoms with van der Waals surface area (Å²) in [6, 6.07) is -0.821. The molecule has 0 aliphatic carbocycles. The lowest BCUT2D eigenvalue weighted by molar-refractivity contribution is -0.138. The highest BCUT2D eigenvalue weighted by molar-refractivity contribution is 5.74. The third-order valence-electron chi connectivity index (χ3n) is 1.32. The van der Waals surface area contributed by atoms with E-state index in [4.69, 9.17) is 22.0 Å². The molecule has 7 heteroatoms. The molecule has 0 aliphatic heterocycles. The standard InChI is InChI=1S/C6H14N4O2.C2H5N/c7-4(5(11)12)2-1-3-10-6(8)9;1-2-3/h4H,1-3,7H2,(H,11,12)(H4,8,9,10);2H,1,3H2. The molecule has 0 bridgehead atoms. The van der Waals surface area contributed by atoms with E-state index < -0.39 is 12.0 Å². The van der Waals surface area contributed by atoms with Gasteiger partial charge >= 0.3 is 5.97 Å². The molecule has 0 heterocycles. The molecule has 0 radical (unpaired) electrons. The molecule has 7 nitrogen and oxygen atoms in total. The molecule has 0 aromatic rings. The largest absolute Gasteiger partial charge is 0.480 e. The minimum Gasteiger partial charge on any atom is -0.480 e. The lowest BCUT2D eigenvalue weighted by Crippen LogP contribution is -2.34. The smallest absolute Gasteiger partial charge is 0.320 e. The van der Waals surface area contributed by atoms with Crippen LogP contribution in [0.1, 0.15) is 12.8 Å². The van der Waals surface area contributed by atoms with Gasteiger partial charge in [0.25, 0.3) is 0 Å². The summed E-state index contributed by atoms with van der Waals surface area (Å²) in [6.45, 7) is 3.62. The van der Waals surface area contributed by atoms with Crippen molar-refractivity contribution in [3.8, 4) is 0 Å². The highest BCUT2D eigenvalue weighted by atomic mass is 16.4. The number of nitrogens with one attached hydrogen (secondary N) is 2. The van der Waals surface area contributed by atoms with Crippen LogP contribution in [0.4, 0.5) is 0 Å². The number of carboxylic acids is 1. The Morgan fingerprint density at radius 1 is 1.67 bits per heavy atom. The Bertz CT molecular complexity index is 207. The molecule has 0 spiro atoms. The summed E-state index contributed by atoms with van der Waals surface area (Å²) in [5.74, 6) is -1.11. The van der Waals surface area contributed by atoms with Crippen molar-refractivity contribution in [3.63, 3.8) is 0 Å². The number of guanidine groups is 1. The predicted molar refractivity (Wildman–Crippen MR) is 59.1 cm³/mol. The molecule has 0 saturated heterocycles. The Morgan fingerprint density at radius 3 is 2.47 bits per heavy atom. The van der Waals surface area contributed by atoms with Crippen LogP contribution in [0.2, 0.25) is 0 Å². The molecule has 1 unspecified atom stereocenters. The van der Waals surface area contributed by atoms with Gasteiger partial charge in [-0.25, -0.2) is 0 Å². The minimum atomic E-state index is -1.00. The average molecular weight is 217 g/mol. The van der Waals surface area contributed by atoms with E-state index in [1.54, 1.807) is 0 Å². The summed E-state index contributed by atoms with van der Waals surface area (Å²) in [5, 5.41) is 17.7. The van der Waals surface area contributed by atoms with Crippen LogP contribution in [-0.2, 0) is 4.79 Å². The van der Waals surface area contributed by atoms with Crippen LogP contribution in [-0.4, -0.2) is 29.6 Å². The Morgan fingerprint density at radius 2 is 2.13 bits per heavy atom. The van der Waals surface area contributed by atoms with Gasteiger partial charge in [0, 0.05) is 6.54 Å². The molecular weight excluding hydrogens is 198 g/mol. The van der Waals surface area contributed by atoms with E-state index >= 15 is 0 Å². The second kappa shape index (κ2) is 10.3. The molecule has 0 aromatic heterocycles. The van der Waals surface area contributed by atoms with E-state index in [0.29, 0.717) is 19.4 Å². The molecule has 1 atom stereocenters. The number of nitrogens with two attached hydrogens (primary N) is 3. The van der Waals surface area contributed by atoms with Gasteiger partial charge in [0.05, 0.1) is 0 Å². The van der Waals surface area contributed by atoms with E-state index in [0.717, 1.165) is 0 Å². The summed E-state index contributed by atoms with van der Waals surface area (Å²) in [5.41, 5.74) is 14.8. The molecule has 0 saturated carbocycles. The summed E-state index contributed by atoms with van der Waals surface area (Å²) in [4.78, 5) is 10.2. The molecule has 9 N–H and O–H groups in total. The number of hydrogen-bond donors (Lipinski definition) is 6. The molecule has 0 rings (SSSR count). The quantitative estimate of drug-likeness (QED) is 0.192. The van der Waals surface area contributed by atoms with Gasteiger partial charge in [-0.2, -0.15) is 0 Å².